The molecule has 1 saturated heterocycles. The molecule has 7 aliphatic rings. The summed E-state index contributed by atoms with van der Waals surface area (Å²) in [6.45, 7) is 0. The molecule has 186 valence electrons. The summed E-state index contributed by atoms with van der Waals surface area (Å²) in [5, 5.41) is 3.06. The van der Waals surface area contributed by atoms with E-state index in [9.17, 15) is 14.4 Å². The van der Waals surface area contributed by atoms with Crippen LogP contribution in [0.2, 0.25) is 0 Å². The predicted octanol–water partition coefficient (Wildman–Crippen LogP) is 3.40. The number of rotatable bonds is 6. The molecular weight excluding hydrogens is 444 g/mol. The van der Waals surface area contributed by atoms with E-state index in [1.807, 2.05) is 0 Å². The van der Waals surface area contributed by atoms with Gasteiger partial charge in [-0.15, -0.1) is 0 Å². The Morgan fingerprint density at radius 3 is 2.34 bits per heavy atom. The van der Waals surface area contributed by atoms with Gasteiger partial charge >= 0.3 is 6.03 Å². The minimum absolute atomic E-state index is 0.00250. The average molecular weight is 479 g/mol. The maximum Gasteiger partial charge on any atom is 0.325 e. The molecule has 1 aromatic heterocycles. The van der Waals surface area contributed by atoms with Crippen LogP contribution in [0.4, 0.5) is 4.79 Å². The Hall–Kier alpha value is -2.64. The second-order valence-electron chi connectivity index (χ2n) is 12.8. The number of carbonyl (C=O) groups is 3. The topological polar surface area (TPSA) is 115 Å². The molecule has 8 heteroatoms. The van der Waals surface area contributed by atoms with E-state index in [-0.39, 0.29) is 46.8 Å². The molecule has 8 nitrogen and oxygen atoms in total. The van der Waals surface area contributed by atoms with Crippen molar-refractivity contribution in [1.82, 2.24) is 15.2 Å². The molecule has 2 heterocycles. The molecule has 7 fully saturated rings. The molecule has 6 aliphatic carbocycles. The zero-order valence-electron chi connectivity index (χ0n) is 20.1. The molecule has 1 spiro atoms. The summed E-state index contributed by atoms with van der Waals surface area (Å²) < 4.78 is 5.96. The third-order valence-corrected chi connectivity index (χ3v) is 10.2. The lowest BCUT2D eigenvalue weighted by molar-refractivity contribution is -0.142. The molecule has 6 saturated carbocycles. The number of imide groups is 1. The number of amides is 4. The van der Waals surface area contributed by atoms with Gasteiger partial charge in [-0.3, -0.25) is 14.5 Å². The lowest BCUT2D eigenvalue weighted by Gasteiger charge is -2.58. The molecule has 1 aromatic rings. The molecule has 4 bridgehead atoms. The van der Waals surface area contributed by atoms with Gasteiger partial charge in [0.1, 0.15) is 17.7 Å². The van der Waals surface area contributed by atoms with Crippen LogP contribution in [0.15, 0.2) is 18.3 Å². The summed E-state index contributed by atoms with van der Waals surface area (Å²) in [5.41, 5.74) is 6.11. The number of nitrogens with two attached hydrogens (primary N) is 1. The fraction of sp³-hybridized carbons (Fsp3) is 0.704. The smallest absolute Gasteiger partial charge is 0.325 e. The number of aromatic nitrogens is 1. The van der Waals surface area contributed by atoms with Crippen molar-refractivity contribution in [2.45, 2.75) is 88.8 Å². The second-order valence-corrected chi connectivity index (χ2v) is 12.8. The number of carbonyl (C=O) groups excluding carboxylic acids is 3. The van der Waals surface area contributed by atoms with Gasteiger partial charge in [-0.25, -0.2) is 9.78 Å². The fourth-order valence-corrected chi connectivity index (χ4v) is 9.28. The minimum atomic E-state index is -0.549. The minimum Gasteiger partial charge on any atom is -0.474 e. The zero-order chi connectivity index (χ0) is 23.9. The summed E-state index contributed by atoms with van der Waals surface area (Å²) in [7, 11) is 0. The van der Waals surface area contributed by atoms with Crippen molar-refractivity contribution in [1.29, 1.82) is 0 Å². The molecule has 35 heavy (non-hydrogen) atoms. The zero-order valence-corrected chi connectivity index (χ0v) is 20.1. The first-order chi connectivity index (χ1) is 16.8. The number of pyridine rings is 1. The number of urea groups is 1. The Labute approximate surface area is 205 Å². The Bertz CT molecular complexity index is 1050. The maximum absolute atomic E-state index is 13.4. The van der Waals surface area contributed by atoms with Gasteiger partial charge in [-0.05, 0) is 111 Å². The molecule has 8 rings (SSSR count). The van der Waals surface area contributed by atoms with Crippen LogP contribution in [-0.2, 0) is 4.79 Å². The highest BCUT2D eigenvalue weighted by Crippen LogP contribution is 2.62. The van der Waals surface area contributed by atoms with E-state index in [0.29, 0.717) is 5.56 Å². The summed E-state index contributed by atoms with van der Waals surface area (Å²) in [4.78, 5) is 43.5. The van der Waals surface area contributed by atoms with Gasteiger partial charge < -0.3 is 15.8 Å². The summed E-state index contributed by atoms with van der Waals surface area (Å²) in [6, 6.07) is 2.73. The van der Waals surface area contributed by atoms with Crippen LogP contribution in [0.5, 0.6) is 5.88 Å². The lowest BCUT2D eigenvalue weighted by Crippen LogP contribution is -2.60. The Kier molecular flexibility index (Phi) is 4.59. The molecule has 3 N–H and O–H groups in total. The van der Waals surface area contributed by atoms with E-state index in [1.165, 1.54) is 43.4 Å². The number of hydrogen-bond acceptors (Lipinski definition) is 5. The lowest BCUT2D eigenvalue weighted by atomic mass is 9.48. The standard InChI is InChI=1S/C27H34N4O4/c28-22(32)20-2-1-3-29-23(20)35-19-12-27(13-19)10-18(11-27)31-24(33)21(30-25(31)34)14-26-7-15-4-16(8-26)6-17(5-15)9-26/h1-3,15-19,21H,4-14H2,(H2,28,32)(H,30,34). The van der Waals surface area contributed by atoms with E-state index >= 15 is 0 Å². The van der Waals surface area contributed by atoms with Gasteiger partial charge in [0.15, 0.2) is 0 Å². The summed E-state index contributed by atoms with van der Waals surface area (Å²) in [6.07, 6.45) is 13.7. The van der Waals surface area contributed by atoms with Gasteiger partial charge in [-0.2, -0.15) is 0 Å². The monoisotopic (exact) mass is 478 g/mol. The number of nitrogens with one attached hydrogen (secondary N) is 1. The molecule has 1 aliphatic heterocycles. The van der Waals surface area contributed by atoms with Crippen LogP contribution in [0.25, 0.3) is 0 Å². The fourth-order valence-electron chi connectivity index (χ4n) is 9.28. The van der Waals surface area contributed by atoms with E-state index in [4.69, 9.17) is 10.5 Å². The number of primary amides is 1. The Balaban J connectivity index is 0.951. The van der Waals surface area contributed by atoms with Gasteiger partial charge in [0, 0.05) is 12.2 Å². The van der Waals surface area contributed by atoms with Crippen molar-refractivity contribution in [3.63, 3.8) is 0 Å². The summed E-state index contributed by atoms with van der Waals surface area (Å²) >= 11 is 0. The van der Waals surface area contributed by atoms with Gasteiger partial charge in [-0.1, -0.05) is 0 Å². The predicted molar refractivity (Wildman–Crippen MR) is 126 cm³/mol. The highest BCUT2D eigenvalue weighted by Gasteiger charge is 2.60. The van der Waals surface area contributed by atoms with E-state index in [0.717, 1.165) is 49.9 Å². The van der Waals surface area contributed by atoms with Crippen LogP contribution in [0.3, 0.4) is 0 Å². The normalized spacial score (nSPS) is 43.1. The van der Waals surface area contributed by atoms with Crippen molar-refractivity contribution in [3.8, 4) is 5.88 Å². The number of hydrogen-bond donors (Lipinski definition) is 2. The second kappa shape index (κ2) is 7.43. The molecular formula is C27H34N4O4. The van der Waals surface area contributed by atoms with Crippen molar-refractivity contribution < 1.29 is 19.1 Å². The Morgan fingerprint density at radius 2 is 1.71 bits per heavy atom. The molecule has 4 amide bonds. The Morgan fingerprint density at radius 1 is 1.06 bits per heavy atom. The third-order valence-electron chi connectivity index (χ3n) is 10.2. The van der Waals surface area contributed by atoms with Crippen molar-refractivity contribution in [2.24, 2.45) is 34.3 Å². The van der Waals surface area contributed by atoms with Gasteiger partial charge in [0.25, 0.3) is 11.8 Å². The van der Waals surface area contributed by atoms with Gasteiger partial charge in [0.2, 0.25) is 5.88 Å². The quantitative estimate of drug-likeness (QED) is 0.608. The number of nitrogens with zero attached hydrogens (tertiary/aromatic N) is 2. The molecule has 0 aromatic carbocycles. The van der Waals surface area contributed by atoms with E-state index in [1.54, 1.807) is 18.3 Å². The van der Waals surface area contributed by atoms with Crippen LogP contribution < -0.4 is 15.8 Å². The van der Waals surface area contributed by atoms with Crippen LogP contribution >= 0.6 is 0 Å². The van der Waals surface area contributed by atoms with Crippen LogP contribution in [0.1, 0.15) is 81.0 Å². The first-order valence-electron chi connectivity index (χ1n) is 13.4. The largest absolute Gasteiger partial charge is 0.474 e. The molecule has 1 unspecified atom stereocenters. The van der Waals surface area contributed by atoms with E-state index < -0.39 is 5.91 Å². The number of ether oxygens (including phenoxy) is 1. The van der Waals surface area contributed by atoms with Crippen LogP contribution in [-0.4, -0.2) is 45.9 Å². The molecule has 1 atom stereocenters. The van der Waals surface area contributed by atoms with Gasteiger partial charge in [0.05, 0.1) is 0 Å². The van der Waals surface area contributed by atoms with Crippen molar-refractivity contribution >= 4 is 17.8 Å². The maximum atomic E-state index is 13.4. The highest BCUT2D eigenvalue weighted by molar-refractivity contribution is 6.04. The highest BCUT2D eigenvalue weighted by atomic mass is 16.5. The first-order valence-corrected chi connectivity index (χ1v) is 13.4. The molecule has 0 radical (unpaired) electrons. The van der Waals surface area contributed by atoms with E-state index in [2.05, 4.69) is 10.3 Å². The van der Waals surface area contributed by atoms with Crippen molar-refractivity contribution in [3.05, 3.63) is 23.9 Å². The first kappa shape index (κ1) is 21.6. The summed E-state index contributed by atoms with van der Waals surface area (Å²) in [5.74, 6) is 2.27. The van der Waals surface area contributed by atoms with Crippen LogP contribution in [0, 0.1) is 28.6 Å². The van der Waals surface area contributed by atoms with Crippen molar-refractivity contribution in [2.75, 3.05) is 0 Å². The third kappa shape index (κ3) is 3.46. The average Bonchev–Trinajstić information content (AvgIpc) is 3.00. The SMILES string of the molecule is NC(=O)c1cccnc1OC1CC2(C1)CC(N1C(=O)NC(CC34CC5CC(CC(C5)C3)C4)C1=O)C2.